The van der Waals surface area contributed by atoms with Gasteiger partial charge in [0.05, 0.1) is 5.56 Å². The van der Waals surface area contributed by atoms with Crippen molar-refractivity contribution in [1.82, 2.24) is 0 Å². The highest BCUT2D eigenvalue weighted by molar-refractivity contribution is 6.40. The molecule has 0 heterocycles. The molecule has 3 aromatic carbocycles. The van der Waals surface area contributed by atoms with Gasteiger partial charge in [-0.05, 0) is 46.5 Å². The van der Waals surface area contributed by atoms with Gasteiger partial charge >= 0.3 is 6.18 Å². The number of hydrogen-bond acceptors (Lipinski definition) is 1. The molecule has 0 N–H and O–H groups in total. The summed E-state index contributed by atoms with van der Waals surface area (Å²) in [5.41, 5.74) is -0.513. The van der Waals surface area contributed by atoms with Crippen molar-refractivity contribution >= 4 is 51.0 Å². The quantitative estimate of drug-likeness (QED) is 0.384. The Hall–Kier alpha value is -1.78. The Labute approximate surface area is 133 Å². The van der Waals surface area contributed by atoms with Crippen LogP contribution in [0.2, 0.25) is 10.0 Å². The van der Waals surface area contributed by atoms with Crippen molar-refractivity contribution in [2.24, 2.45) is 0 Å². The molecule has 0 fully saturated rings. The van der Waals surface area contributed by atoms with E-state index in [-0.39, 0.29) is 10.6 Å². The maximum Gasteiger partial charge on any atom is 0.416 e. The molecule has 0 saturated carbocycles. The zero-order chi connectivity index (χ0) is 16.1. The molecule has 0 atom stereocenters. The zero-order valence-corrected chi connectivity index (χ0v) is 12.4. The molecule has 0 radical (unpaired) electrons. The summed E-state index contributed by atoms with van der Waals surface area (Å²) in [6, 6.07) is 7.83. The first-order valence-electron chi connectivity index (χ1n) is 6.19. The predicted molar refractivity (Wildman–Crippen MR) is 81.9 cm³/mol. The van der Waals surface area contributed by atoms with E-state index in [4.69, 9.17) is 23.2 Å². The van der Waals surface area contributed by atoms with Crippen molar-refractivity contribution in [2.75, 3.05) is 0 Å². The Kier molecular flexibility index (Phi) is 3.54. The first kappa shape index (κ1) is 15.1. The monoisotopic (exact) mass is 342 g/mol. The van der Waals surface area contributed by atoms with Gasteiger partial charge in [0.25, 0.3) is 0 Å². The molecule has 112 valence electrons. The summed E-state index contributed by atoms with van der Waals surface area (Å²) in [5.74, 6) is 0. The van der Waals surface area contributed by atoms with Crippen LogP contribution in [0.25, 0.3) is 21.5 Å². The number of benzene rings is 3. The molecule has 22 heavy (non-hydrogen) atoms. The van der Waals surface area contributed by atoms with E-state index in [9.17, 15) is 18.0 Å². The van der Waals surface area contributed by atoms with Crippen molar-refractivity contribution in [2.45, 2.75) is 6.18 Å². The van der Waals surface area contributed by atoms with Gasteiger partial charge in [-0.1, -0.05) is 29.3 Å². The number of fused-ring (bicyclic) bond motifs is 3. The van der Waals surface area contributed by atoms with Gasteiger partial charge in [-0.25, -0.2) is 0 Å². The summed E-state index contributed by atoms with van der Waals surface area (Å²) in [6.45, 7) is 0. The lowest BCUT2D eigenvalue weighted by molar-refractivity contribution is -0.137. The number of carbonyl (C=O) groups is 1. The van der Waals surface area contributed by atoms with Gasteiger partial charge in [0.15, 0.2) is 6.29 Å². The van der Waals surface area contributed by atoms with E-state index in [0.717, 1.165) is 12.1 Å². The van der Waals surface area contributed by atoms with Crippen LogP contribution >= 0.6 is 23.2 Å². The van der Waals surface area contributed by atoms with Crippen LogP contribution in [0.4, 0.5) is 13.2 Å². The van der Waals surface area contributed by atoms with Crippen LogP contribution in [0.15, 0.2) is 36.4 Å². The SMILES string of the molecule is O=Cc1cc2c(Cl)cc(Cl)cc2c2cc(C(F)(F)F)ccc12. The fourth-order valence-electron chi connectivity index (χ4n) is 2.48. The van der Waals surface area contributed by atoms with E-state index in [2.05, 4.69) is 0 Å². The van der Waals surface area contributed by atoms with Crippen molar-refractivity contribution in [3.05, 3.63) is 57.6 Å². The zero-order valence-electron chi connectivity index (χ0n) is 10.8. The number of halogens is 5. The van der Waals surface area contributed by atoms with Gasteiger partial charge in [-0.3, -0.25) is 4.79 Å². The standard InChI is InChI=1S/C16H7Cl2F3O/c17-10-5-13-12-4-9(16(19,20)21)1-2-11(12)8(7-22)3-14(13)15(18)6-10/h1-7H. The molecule has 0 aromatic heterocycles. The van der Waals surface area contributed by atoms with Crippen LogP contribution < -0.4 is 0 Å². The molecule has 0 unspecified atom stereocenters. The van der Waals surface area contributed by atoms with Gasteiger partial charge in [0.2, 0.25) is 0 Å². The van der Waals surface area contributed by atoms with E-state index < -0.39 is 11.7 Å². The number of aldehydes is 1. The second-order valence-corrected chi connectivity index (χ2v) is 5.67. The van der Waals surface area contributed by atoms with E-state index in [1.54, 1.807) is 12.1 Å². The van der Waals surface area contributed by atoms with E-state index in [1.807, 2.05) is 0 Å². The molecule has 0 spiro atoms. The predicted octanol–water partition coefficient (Wildman–Crippen LogP) is 6.13. The normalized spacial score (nSPS) is 12.0. The first-order chi connectivity index (χ1) is 10.3. The maximum absolute atomic E-state index is 12.9. The van der Waals surface area contributed by atoms with Crippen LogP contribution in [0, 0.1) is 0 Å². The Morgan fingerprint density at radius 2 is 1.55 bits per heavy atom. The Balaban J connectivity index is 2.53. The number of rotatable bonds is 1. The van der Waals surface area contributed by atoms with Gasteiger partial charge < -0.3 is 0 Å². The molecule has 3 aromatic rings. The molecule has 0 bridgehead atoms. The van der Waals surface area contributed by atoms with Crippen LogP contribution in [-0.4, -0.2) is 6.29 Å². The highest BCUT2D eigenvalue weighted by atomic mass is 35.5. The van der Waals surface area contributed by atoms with Gasteiger partial charge in [0.1, 0.15) is 0 Å². The highest BCUT2D eigenvalue weighted by Gasteiger charge is 2.30. The van der Waals surface area contributed by atoms with Crippen LogP contribution in [0.3, 0.4) is 0 Å². The third kappa shape index (κ3) is 2.42. The minimum Gasteiger partial charge on any atom is -0.298 e. The second kappa shape index (κ2) is 5.14. The molecule has 0 saturated heterocycles. The molecule has 3 rings (SSSR count). The third-order valence-corrected chi connectivity index (χ3v) is 4.00. The molecule has 0 aliphatic heterocycles. The maximum atomic E-state index is 12.9. The van der Waals surface area contributed by atoms with Gasteiger partial charge in [0, 0.05) is 21.0 Å². The third-order valence-electron chi connectivity index (χ3n) is 3.47. The van der Waals surface area contributed by atoms with Gasteiger partial charge in [-0.15, -0.1) is 0 Å². The summed E-state index contributed by atoms with van der Waals surface area (Å²) in [5, 5.41) is 2.27. The highest BCUT2D eigenvalue weighted by Crippen LogP contribution is 2.38. The smallest absolute Gasteiger partial charge is 0.298 e. The van der Waals surface area contributed by atoms with Crippen molar-refractivity contribution in [1.29, 1.82) is 0 Å². The average molecular weight is 343 g/mol. The van der Waals surface area contributed by atoms with Crippen LogP contribution in [0.5, 0.6) is 0 Å². The topological polar surface area (TPSA) is 17.1 Å². The average Bonchev–Trinajstić information content (AvgIpc) is 2.45. The van der Waals surface area contributed by atoms with Crippen molar-refractivity contribution < 1.29 is 18.0 Å². The molecule has 1 nitrogen and oxygen atoms in total. The van der Waals surface area contributed by atoms with Crippen molar-refractivity contribution in [3.8, 4) is 0 Å². The molecular weight excluding hydrogens is 336 g/mol. The van der Waals surface area contributed by atoms with Crippen molar-refractivity contribution in [3.63, 3.8) is 0 Å². The lowest BCUT2D eigenvalue weighted by Gasteiger charge is -2.12. The number of hydrogen-bond donors (Lipinski definition) is 0. The lowest BCUT2D eigenvalue weighted by Crippen LogP contribution is -2.04. The second-order valence-electron chi connectivity index (χ2n) is 4.82. The van der Waals surface area contributed by atoms with Crippen LogP contribution in [0.1, 0.15) is 15.9 Å². The van der Waals surface area contributed by atoms with E-state index in [0.29, 0.717) is 32.9 Å². The number of alkyl halides is 3. The minimum atomic E-state index is -4.47. The molecule has 6 heteroatoms. The number of carbonyl (C=O) groups excluding carboxylic acids is 1. The fourth-order valence-corrected chi connectivity index (χ4v) is 3.03. The summed E-state index contributed by atoms with van der Waals surface area (Å²) >= 11 is 12.1. The summed E-state index contributed by atoms with van der Waals surface area (Å²) in [7, 11) is 0. The lowest BCUT2D eigenvalue weighted by atomic mass is 9.96. The molecule has 0 aliphatic carbocycles. The first-order valence-corrected chi connectivity index (χ1v) is 6.95. The Morgan fingerprint density at radius 1 is 0.864 bits per heavy atom. The summed E-state index contributed by atoms with van der Waals surface area (Å²) < 4.78 is 38.8. The Bertz CT molecular complexity index is 917. The summed E-state index contributed by atoms with van der Waals surface area (Å²) in [6.07, 6.45) is -3.87. The van der Waals surface area contributed by atoms with Gasteiger partial charge in [-0.2, -0.15) is 13.2 Å². The fraction of sp³-hybridized carbons (Fsp3) is 0.0625. The molecular formula is C16H7Cl2F3O. The Morgan fingerprint density at radius 3 is 2.18 bits per heavy atom. The minimum absolute atomic E-state index is 0.278. The largest absolute Gasteiger partial charge is 0.416 e. The van der Waals surface area contributed by atoms with E-state index >= 15 is 0 Å². The van der Waals surface area contributed by atoms with E-state index in [1.165, 1.54) is 12.1 Å². The molecule has 0 aliphatic rings. The molecule has 0 amide bonds. The summed E-state index contributed by atoms with van der Waals surface area (Å²) in [4.78, 5) is 11.2. The van der Waals surface area contributed by atoms with Crippen LogP contribution in [-0.2, 0) is 6.18 Å².